The summed E-state index contributed by atoms with van der Waals surface area (Å²) < 4.78 is 4.93. The van der Waals surface area contributed by atoms with Crippen LogP contribution in [0.1, 0.15) is 4.88 Å². The summed E-state index contributed by atoms with van der Waals surface area (Å²) in [6.45, 7) is 1.22. The molecule has 1 aromatic heterocycles. The molecule has 0 aromatic carbocycles. The normalized spacial score (nSPS) is 20.2. The number of nitrogens with zero attached hydrogens (tertiary/aromatic N) is 1. The van der Waals surface area contributed by atoms with Crippen LogP contribution >= 0.6 is 11.3 Å². The first-order valence-corrected chi connectivity index (χ1v) is 4.50. The molecule has 1 aromatic rings. The van der Waals surface area contributed by atoms with Crippen LogP contribution < -0.4 is 10.1 Å². The number of thiazole rings is 1. The van der Waals surface area contributed by atoms with Gasteiger partial charge in [-0.1, -0.05) is 11.3 Å². The lowest BCUT2D eigenvalue weighted by Gasteiger charge is -2.36. The van der Waals surface area contributed by atoms with Gasteiger partial charge in [-0.2, -0.15) is 0 Å². The Bertz CT molecular complexity index is 283. The van der Waals surface area contributed by atoms with Gasteiger partial charge in [0.2, 0.25) is 0 Å². The molecule has 2 heterocycles. The minimum Gasteiger partial charge on any atom is -0.473 e. The van der Waals surface area contributed by atoms with Crippen LogP contribution in [0.4, 0.5) is 0 Å². The highest BCUT2D eigenvalue weighted by Crippen LogP contribution is 2.32. The predicted octanol–water partition coefficient (Wildman–Crippen LogP) is -0.0575. The van der Waals surface area contributed by atoms with E-state index >= 15 is 0 Å². The summed E-state index contributed by atoms with van der Waals surface area (Å²) in [6.07, 6.45) is 1.67. The van der Waals surface area contributed by atoms with Crippen LogP contribution in [0.15, 0.2) is 6.20 Å². The molecule has 1 fully saturated rings. The van der Waals surface area contributed by atoms with Crippen molar-refractivity contribution in [2.45, 2.75) is 5.60 Å². The highest BCUT2D eigenvalue weighted by atomic mass is 32.1. The van der Waals surface area contributed by atoms with Gasteiger partial charge in [0, 0.05) is 19.3 Å². The van der Waals surface area contributed by atoms with Crippen molar-refractivity contribution in [3.8, 4) is 5.19 Å². The maximum atomic E-state index is 9.84. The summed E-state index contributed by atoms with van der Waals surface area (Å²) >= 11 is 1.39. The third-order valence-corrected chi connectivity index (χ3v) is 3.10. The van der Waals surface area contributed by atoms with Crippen molar-refractivity contribution in [3.63, 3.8) is 0 Å². The second-order valence-electron chi connectivity index (χ2n) is 2.83. The summed E-state index contributed by atoms with van der Waals surface area (Å²) in [6, 6.07) is 0. The monoisotopic (exact) mass is 186 g/mol. The number of ether oxygens (including phenoxy) is 1. The number of nitrogens with one attached hydrogen (secondary N) is 1. The first kappa shape index (κ1) is 7.97. The molecular weight excluding hydrogens is 176 g/mol. The van der Waals surface area contributed by atoms with E-state index in [1.165, 1.54) is 11.3 Å². The van der Waals surface area contributed by atoms with Crippen molar-refractivity contribution in [2.24, 2.45) is 0 Å². The number of β-amino-alcohol motifs (C(OH)–C–C–N with tert-alkyl or cyclic N) is 1. The topological polar surface area (TPSA) is 54.4 Å². The predicted molar refractivity (Wildman–Crippen MR) is 45.4 cm³/mol. The number of hydrogen-bond acceptors (Lipinski definition) is 5. The van der Waals surface area contributed by atoms with Crippen LogP contribution in [0.25, 0.3) is 0 Å². The molecule has 0 aliphatic carbocycles. The highest BCUT2D eigenvalue weighted by molar-refractivity contribution is 7.13. The first-order chi connectivity index (χ1) is 5.74. The Kier molecular flexibility index (Phi) is 1.79. The van der Waals surface area contributed by atoms with Crippen LogP contribution in [0.2, 0.25) is 0 Å². The second kappa shape index (κ2) is 2.69. The number of rotatable bonds is 2. The Hall–Kier alpha value is -0.650. The Balaban J connectivity index is 2.22. The molecule has 2 rings (SSSR count). The van der Waals surface area contributed by atoms with E-state index in [4.69, 9.17) is 4.74 Å². The Morgan fingerprint density at radius 1 is 1.75 bits per heavy atom. The maximum Gasteiger partial charge on any atom is 0.273 e. The van der Waals surface area contributed by atoms with E-state index in [1.54, 1.807) is 13.3 Å². The van der Waals surface area contributed by atoms with E-state index in [0.717, 1.165) is 4.88 Å². The van der Waals surface area contributed by atoms with Gasteiger partial charge in [-0.15, -0.1) is 0 Å². The minimum absolute atomic E-state index is 0.602. The fourth-order valence-corrected chi connectivity index (χ4v) is 1.92. The lowest BCUT2D eigenvalue weighted by Crippen LogP contribution is -2.56. The van der Waals surface area contributed by atoms with E-state index in [-0.39, 0.29) is 0 Å². The van der Waals surface area contributed by atoms with Gasteiger partial charge in [0.15, 0.2) is 0 Å². The average Bonchev–Trinajstić information content (AvgIpc) is 2.48. The summed E-state index contributed by atoms with van der Waals surface area (Å²) in [7, 11) is 1.58. The van der Waals surface area contributed by atoms with Crippen LogP contribution in [0.5, 0.6) is 5.19 Å². The smallest absolute Gasteiger partial charge is 0.273 e. The second-order valence-corrected chi connectivity index (χ2v) is 3.82. The van der Waals surface area contributed by atoms with Crippen LogP contribution in [0, 0.1) is 0 Å². The molecule has 66 valence electrons. The third-order valence-electron chi connectivity index (χ3n) is 1.95. The molecule has 0 unspecified atom stereocenters. The highest BCUT2D eigenvalue weighted by Gasteiger charge is 2.38. The molecule has 0 saturated carbocycles. The molecular formula is C7H10N2O2S. The van der Waals surface area contributed by atoms with Gasteiger partial charge in [-0.05, 0) is 0 Å². The summed E-state index contributed by atoms with van der Waals surface area (Å²) in [5.74, 6) is 0. The molecule has 0 atom stereocenters. The molecule has 0 bridgehead atoms. The van der Waals surface area contributed by atoms with Crippen molar-refractivity contribution in [1.82, 2.24) is 10.3 Å². The quantitative estimate of drug-likeness (QED) is 0.679. The molecule has 5 heteroatoms. The molecule has 1 aliphatic heterocycles. The number of hydrogen-bond donors (Lipinski definition) is 2. The van der Waals surface area contributed by atoms with E-state index in [9.17, 15) is 5.11 Å². The maximum absolute atomic E-state index is 9.84. The fraction of sp³-hybridized carbons (Fsp3) is 0.571. The Morgan fingerprint density at radius 3 is 2.92 bits per heavy atom. The summed E-state index contributed by atoms with van der Waals surface area (Å²) in [4.78, 5) is 4.86. The van der Waals surface area contributed by atoms with Gasteiger partial charge in [0.05, 0.1) is 12.0 Å². The van der Waals surface area contributed by atoms with Crippen molar-refractivity contribution >= 4 is 11.3 Å². The number of aliphatic hydroxyl groups is 1. The fourth-order valence-electron chi connectivity index (χ4n) is 1.10. The molecule has 0 radical (unpaired) electrons. The Morgan fingerprint density at radius 2 is 2.50 bits per heavy atom. The van der Waals surface area contributed by atoms with Gasteiger partial charge in [0.25, 0.3) is 5.19 Å². The number of methoxy groups -OCH3 is 1. The van der Waals surface area contributed by atoms with E-state index in [1.807, 2.05) is 0 Å². The van der Waals surface area contributed by atoms with Crippen molar-refractivity contribution in [1.29, 1.82) is 0 Å². The van der Waals surface area contributed by atoms with Gasteiger partial charge in [-0.3, -0.25) is 0 Å². The molecule has 12 heavy (non-hydrogen) atoms. The van der Waals surface area contributed by atoms with Crippen LogP contribution in [-0.2, 0) is 5.60 Å². The van der Waals surface area contributed by atoms with Gasteiger partial charge < -0.3 is 15.2 Å². The van der Waals surface area contributed by atoms with E-state index in [2.05, 4.69) is 10.3 Å². The van der Waals surface area contributed by atoms with Crippen LogP contribution in [-0.4, -0.2) is 30.3 Å². The molecule has 2 N–H and O–H groups in total. The van der Waals surface area contributed by atoms with Crippen molar-refractivity contribution in [3.05, 3.63) is 11.1 Å². The largest absolute Gasteiger partial charge is 0.473 e. The minimum atomic E-state index is -0.700. The molecule has 4 nitrogen and oxygen atoms in total. The van der Waals surface area contributed by atoms with Crippen molar-refractivity contribution in [2.75, 3.05) is 20.2 Å². The van der Waals surface area contributed by atoms with E-state index < -0.39 is 5.60 Å². The Labute approximate surface area is 74.2 Å². The standard InChI is InChI=1S/C7H10N2O2S/c1-11-6-9-2-5(12-6)7(10)3-8-4-7/h2,8,10H,3-4H2,1H3. The SMILES string of the molecule is COc1ncc(C2(O)CNC2)s1. The zero-order valence-corrected chi connectivity index (χ0v) is 7.52. The molecule has 1 saturated heterocycles. The van der Waals surface area contributed by atoms with Gasteiger partial charge >= 0.3 is 0 Å². The van der Waals surface area contributed by atoms with Gasteiger partial charge in [-0.25, -0.2) is 4.98 Å². The molecule has 1 aliphatic rings. The zero-order valence-electron chi connectivity index (χ0n) is 6.70. The molecule has 0 spiro atoms. The van der Waals surface area contributed by atoms with Gasteiger partial charge in [0.1, 0.15) is 5.60 Å². The molecule has 0 amide bonds. The summed E-state index contributed by atoms with van der Waals surface area (Å²) in [5, 5.41) is 13.5. The third kappa shape index (κ3) is 1.10. The summed E-state index contributed by atoms with van der Waals surface area (Å²) in [5.41, 5.74) is -0.700. The lowest BCUT2D eigenvalue weighted by molar-refractivity contribution is -0.0114. The van der Waals surface area contributed by atoms with E-state index in [0.29, 0.717) is 18.3 Å². The van der Waals surface area contributed by atoms with Crippen molar-refractivity contribution < 1.29 is 9.84 Å². The first-order valence-electron chi connectivity index (χ1n) is 3.68. The zero-order chi connectivity index (χ0) is 8.60. The van der Waals surface area contributed by atoms with Crippen LogP contribution in [0.3, 0.4) is 0 Å². The lowest BCUT2D eigenvalue weighted by atomic mass is 9.96. The average molecular weight is 186 g/mol. The number of aromatic nitrogens is 1.